The maximum absolute atomic E-state index is 12.4. The van der Waals surface area contributed by atoms with Crippen LogP contribution in [0.3, 0.4) is 0 Å². The van der Waals surface area contributed by atoms with Crippen molar-refractivity contribution in [2.45, 2.75) is 20.3 Å². The Kier molecular flexibility index (Phi) is 6.10. The van der Waals surface area contributed by atoms with Gasteiger partial charge in [0, 0.05) is 12.1 Å². The van der Waals surface area contributed by atoms with Crippen molar-refractivity contribution in [2.24, 2.45) is 9.98 Å². The molecule has 5 heteroatoms. The van der Waals surface area contributed by atoms with E-state index < -0.39 is 0 Å². The van der Waals surface area contributed by atoms with Crippen LogP contribution in [0.5, 0.6) is 0 Å². The van der Waals surface area contributed by atoms with Crippen molar-refractivity contribution in [1.29, 1.82) is 0 Å². The van der Waals surface area contributed by atoms with Gasteiger partial charge in [-0.25, -0.2) is 4.99 Å². The minimum absolute atomic E-state index is 0.0436. The van der Waals surface area contributed by atoms with Gasteiger partial charge in [-0.1, -0.05) is 59.7 Å². The lowest BCUT2D eigenvalue weighted by atomic mass is 10.1. The highest BCUT2D eigenvalue weighted by Crippen LogP contribution is 2.33. The minimum atomic E-state index is -0.0436. The van der Waals surface area contributed by atoms with Crippen molar-refractivity contribution >= 4 is 45.5 Å². The van der Waals surface area contributed by atoms with Gasteiger partial charge in [-0.15, -0.1) is 11.8 Å². The first-order chi connectivity index (χ1) is 14.6. The normalized spacial score (nSPS) is 13.0. The number of carbonyl (C=O) groups excluding carboxylic acids is 1. The van der Waals surface area contributed by atoms with Crippen LogP contribution in [0.2, 0.25) is 0 Å². The first-order valence-corrected chi connectivity index (χ1v) is 10.9. The lowest BCUT2D eigenvalue weighted by molar-refractivity contribution is -0.113. The molecule has 1 heterocycles. The number of amides is 1. The molecule has 150 valence electrons. The molecule has 0 aliphatic carbocycles. The molecule has 30 heavy (non-hydrogen) atoms. The molecule has 0 fully saturated rings. The van der Waals surface area contributed by atoms with Crippen LogP contribution in [-0.2, 0) is 4.79 Å². The molecule has 0 radical (unpaired) electrons. The van der Waals surface area contributed by atoms with E-state index in [1.807, 2.05) is 55.5 Å². The number of aryl methyl sites for hydroxylation is 2. The summed E-state index contributed by atoms with van der Waals surface area (Å²) >= 11 is 1.46. The van der Waals surface area contributed by atoms with E-state index in [9.17, 15) is 4.79 Å². The summed E-state index contributed by atoms with van der Waals surface area (Å²) < 4.78 is 0. The quantitative estimate of drug-likeness (QED) is 0.551. The number of hydrogen-bond acceptors (Lipinski definition) is 4. The molecule has 0 bridgehead atoms. The lowest BCUT2D eigenvalue weighted by Gasteiger charge is -2.09. The predicted octanol–water partition coefficient (Wildman–Crippen LogP) is 6.23. The number of anilines is 1. The molecule has 1 aliphatic heterocycles. The SMILES string of the molecule is Cc1ccc(NC(=O)CSC2=Nc3ccccc3N=C(c3ccc(C)cc3)C2)cc1. The van der Waals surface area contributed by atoms with Crippen LogP contribution >= 0.6 is 11.8 Å². The van der Waals surface area contributed by atoms with Crippen LogP contribution in [0.15, 0.2) is 82.8 Å². The van der Waals surface area contributed by atoms with Gasteiger partial charge in [0.05, 0.1) is 27.9 Å². The molecule has 1 N–H and O–H groups in total. The van der Waals surface area contributed by atoms with Gasteiger partial charge in [0.15, 0.2) is 0 Å². The second-order valence-electron chi connectivity index (χ2n) is 7.30. The van der Waals surface area contributed by atoms with E-state index in [-0.39, 0.29) is 5.91 Å². The third-order valence-electron chi connectivity index (χ3n) is 4.79. The molecule has 4 nitrogen and oxygen atoms in total. The molecule has 4 rings (SSSR count). The molecular formula is C25H23N3OS. The second kappa shape index (κ2) is 9.09. The van der Waals surface area contributed by atoms with Crippen LogP contribution in [0.1, 0.15) is 23.1 Å². The topological polar surface area (TPSA) is 53.8 Å². The maximum atomic E-state index is 12.4. The summed E-state index contributed by atoms with van der Waals surface area (Å²) in [5.74, 6) is 0.258. The predicted molar refractivity (Wildman–Crippen MR) is 128 cm³/mol. The van der Waals surface area contributed by atoms with Crippen molar-refractivity contribution in [3.8, 4) is 0 Å². The van der Waals surface area contributed by atoms with Gasteiger partial charge in [-0.2, -0.15) is 0 Å². The average Bonchev–Trinajstić information content (AvgIpc) is 2.94. The Morgan fingerprint density at radius 3 is 2.13 bits per heavy atom. The summed E-state index contributed by atoms with van der Waals surface area (Å²) in [4.78, 5) is 22.1. The lowest BCUT2D eigenvalue weighted by Crippen LogP contribution is -2.16. The van der Waals surface area contributed by atoms with Crippen molar-refractivity contribution in [3.05, 3.63) is 89.5 Å². The van der Waals surface area contributed by atoms with Gasteiger partial charge in [-0.3, -0.25) is 9.79 Å². The Balaban J connectivity index is 1.51. The standard InChI is InChI=1S/C25H23N3OS/c1-17-7-11-19(12-8-17)23-15-25(28-22-6-4-3-5-21(22)27-23)30-16-24(29)26-20-13-9-18(2)10-14-20/h3-14H,15-16H2,1-2H3,(H,26,29). The van der Waals surface area contributed by atoms with Crippen LogP contribution < -0.4 is 5.32 Å². The Hall–Kier alpha value is -3.18. The van der Waals surface area contributed by atoms with Crippen molar-refractivity contribution in [2.75, 3.05) is 11.1 Å². The highest BCUT2D eigenvalue weighted by molar-refractivity contribution is 8.14. The number of nitrogens with one attached hydrogen (secondary N) is 1. The fourth-order valence-electron chi connectivity index (χ4n) is 3.13. The first-order valence-electron chi connectivity index (χ1n) is 9.87. The monoisotopic (exact) mass is 413 g/mol. The van der Waals surface area contributed by atoms with E-state index in [4.69, 9.17) is 9.98 Å². The number of fused-ring (bicyclic) bond motifs is 1. The number of rotatable bonds is 4. The molecular weight excluding hydrogens is 390 g/mol. The maximum Gasteiger partial charge on any atom is 0.234 e. The van der Waals surface area contributed by atoms with Crippen LogP contribution in [0, 0.1) is 13.8 Å². The van der Waals surface area contributed by atoms with Gasteiger partial charge in [-0.05, 0) is 43.7 Å². The zero-order chi connectivity index (χ0) is 20.9. The molecule has 0 saturated carbocycles. The molecule has 0 aromatic heterocycles. The van der Waals surface area contributed by atoms with E-state index in [2.05, 4.69) is 36.5 Å². The van der Waals surface area contributed by atoms with Gasteiger partial charge < -0.3 is 5.32 Å². The summed E-state index contributed by atoms with van der Waals surface area (Å²) in [6, 6.07) is 24.0. The highest BCUT2D eigenvalue weighted by atomic mass is 32.2. The number of aliphatic imine (C=N–C) groups is 2. The van der Waals surface area contributed by atoms with Crippen LogP contribution in [0.25, 0.3) is 0 Å². The zero-order valence-electron chi connectivity index (χ0n) is 17.1. The molecule has 0 spiro atoms. The van der Waals surface area contributed by atoms with E-state index in [0.29, 0.717) is 12.2 Å². The smallest absolute Gasteiger partial charge is 0.234 e. The fraction of sp³-hybridized carbons (Fsp3) is 0.160. The van der Waals surface area contributed by atoms with Gasteiger partial charge in [0.1, 0.15) is 0 Å². The minimum Gasteiger partial charge on any atom is -0.325 e. The Morgan fingerprint density at radius 2 is 1.47 bits per heavy atom. The second-order valence-corrected chi connectivity index (χ2v) is 8.35. The summed E-state index contributed by atoms with van der Waals surface area (Å²) in [6.45, 7) is 4.10. The van der Waals surface area contributed by atoms with Gasteiger partial charge >= 0.3 is 0 Å². The average molecular weight is 414 g/mol. The van der Waals surface area contributed by atoms with Crippen LogP contribution in [-0.4, -0.2) is 22.4 Å². The van der Waals surface area contributed by atoms with E-state index in [0.717, 1.165) is 38.9 Å². The molecule has 0 atom stereocenters. The third kappa shape index (κ3) is 5.05. The Bertz CT molecular complexity index is 1120. The highest BCUT2D eigenvalue weighted by Gasteiger charge is 2.16. The molecule has 1 amide bonds. The number of hydrogen-bond donors (Lipinski definition) is 1. The summed E-state index contributed by atoms with van der Waals surface area (Å²) in [5, 5.41) is 3.83. The van der Waals surface area contributed by atoms with Crippen molar-refractivity contribution < 1.29 is 4.79 Å². The van der Waals surface area contributed by atoms with Gasteiger partial charge in [0.2, 0.25) is 5.91 Å². The fourth-order valence-corrected chi connectivity index (χ4v) is 3.91. The van der Waals surface area contributed by atoms with E-state index >= 15 is 0 Å². The molecule has 0 unspecified atom stereocenters. The number of thioether (sulfide) groups is 1. The number of carbonyl (C=O) groups is 1. The van der Waals surface area contributed by atoms with E-state index in [1.54, 1.807) is 0 Å². The Labute approximate surface area is 181 Å². The van der Waals surface area contributed by atoms with E-state index in [1.165, 1.54) is 17.3 Å². The molecule has 0 saturated heterocycles. The third-order valence-corrected chi connectivity index (χ3v) is 5.77. The molecule has 1 aliphatic rings. The largest absolute Gasteiger partial charge is 0.325 e. The summed E-state index contributed by atoms with van der Waals surface area (Å²) in [5.41, 5.74) is 6.91. The zero-order valence-corrected chi connectivity index (χ0v) is 17.9. The first kappa shape index (κ1) is 20.1. The number of nitrogens with zero attached hydrogens (tertiary/aromatic N) is 2. The molecule has 3 aromatic carbocycles. The van der Waals surface area contributed by atoms with Gasteiger partial charge in [0.25, 0.3) is 0 Å². The number of benzene rings is 3. The van der Waals surface area contributed by atoms with Crippen molar-refractivity contribution in [3.63, 3.8) is 0 Å². The van der Waals surface area contributed by atoms with Crippen molar-refractivity contribution in [1.82, 2.24) is 0 Å². The Morgan fingerprint density at radius 1 is 0.867 bits per heavy atom. The summed E-state index contributed by atoms with van der Waals surface area (Å²) in [6.07, 6.45) is 0.597. The molecule has 3 aromatic rings. The number of para-hydroxylation sites is 2. The summed E-state index contributed by atoms with van der Waals surface area (Å²) in [7, 11) is 0. The van der Waals surface area contributed by atoms with Crippen LogP contribution in [0.4, 0.5) is 17.1 Å².